The van der Waals surface area contributed by atoms with E-state index in [9.17, 15) is 9.59 Å². The van der Waals surface area contributed by atoms with Crippen molar-refractivity contribution < 1.29 is 9.59 Å². The van der Waals surface area contributed by atoms with Crippen LogP contribution in [0.4, 0.5) is 0 Å². The number of carbonyl (C=O) groups excluding carboxylic acids is 2. The van der Waals surface area contributed by atoms with Crippen LogP contribution in [0.3, 0.4) is 0 Å². The third-order valence-electron chi connectivity index (χ3n) is 4.71. The van der Waals surface area contributed by atoms with Crippen LogP contribution in [-0.4, -0.2) is 65.4 Å². The Bertz CT molecular complexity index is 780. The van der Waals surface area contributed by atoms with Gasteiger partial charge >= 0.3 is 0 Å². The third-order valence-corrected chi connectivity index (χ3v) is 5.60. The number of hydrogen-bond donors (Lipinski definition) is 1. The van der Waals surface area contributed by atoms with E-state index >= 15 is 0 Å². The molecule has 26 heavy (non-hydrogen) atoms. The lowest BCUT2D eigenvalue weighted by atomic mass is 10.2. The first kappa shape index (κ1) is 17.2. The number of amides is 2. The predicted octanol–water partition coefficient (Wildman–Crippen LogP) is 1.85. The summed E-state index contributed by atoms with van der Waals surface area (Å²) in [6.07, 6.45) is 2.21. The van der Waals surface area contributed by atoms with Crippen LogP contribution in [0.1, 0.15) is 23.3 Å². The van der Waals surface area contributed by atoms with Crippen LogP contribution < -0.4 is 5.32 Å². The Morgan fingerprint density at radius 2 is 1.85 bits per heavy atom. The molecule has 1 aromatic carbocycles. The number of carbonyl (C=O) groups is 2. The number of nitrogens with zero attached hydrogens (tertiary/aromatic N) is 3. The number of aromatic nitrogens is 1. The van der Waals surface area contributed by atoms with Crippen molar-refractivity contribution in [2.75, 3.05) is 32.7 Å². The molecule has 0 bridgehead atoms. The second kappa shape index (κ2) is 7.55. The van der Waals surface area contributed by atoms with Crippen molar-refractivity contribution in [3.63, 3.8) is 0 Å². The summed E-state index contributed by atoms with van der Waals surface area (Å²) in [5, 5.41) is 5.71. The average molecular weight is 370 g/mol. The molecular weight excluding hydrogens is 348 g/mol. The van der Waals surface area contributed by atoms with Gasteiger partial charge in [-0.25, -0.2) is 4.98 Å². The van der Waals surface area contributed by atoms with Crippen LogP contribution in [0.5, 0.6) is 0 Å². The predicted molar refractivity (Wildman–Crippen MR) is 101 cm³/mol. The molecule has 4 rings (SSSR count). The molecule has 1 saturated carbocycles. The van der Waals surface area contributed by atoms with E-state index in [1.807, 2.05) is 40.6 Å². The van der Waals surface area contributed by atoms with Gasteiger partial charge in [-0.3, -0.25) is 14.5 Å². The molecule has 2 heterocycles. The summed E-state index contributed by atoms with van der Waals surface area (Å²) >= 11 is 1.49. The summed E-state index contributed by atoms with van der Waals surface area (Å²) in [4.78, 5) is 33.0. The summed E-state index contributed by atoms with van der Waals surface area (Å²) in [5.74, 6) is 0.0739. The summed E-state index contributed by atoms with van der Waals surface area (Å²) in [7, 11) is 0. The average Bonchev–Trinajstić information content (AvgIpc) is 3.34. The molecular formula is C19H22N4O2S. The first-order valence-electron chi connectivity index (χ1n) is 9.01. The molecule has 2 aromatic rings. The summed E-state index contributed by atoms with van der Waals surface area (Å²) in [5.41, 5.74) is 1.54. The maximum absolute atomic E-state index is 12.7. The van der Waals surface area contributed by atoms with E-state index in [1.165, 1.54) is 11.3 Å². The van der Waals surface area contributed by atoms with E-state index in [1.54, 1.807) is 0 Å². The fourth-order valence-electron chi connectivity index (χ4n) is 3.06. The second-order valence-electron chi connectivity index (χ2n) is 6.81. The van der Waals surface area contributed by atoms with Crippen molar-refractivity contribution >= 4 is 23.2 Å². The third kappa shape index (κ3) is 4.11. The van der Waals surface area contributed by atoms with Gasteiger partial charge in [0.05, 0.1) is 6.54 Å². The van der Waals surface area contributed by atoms with Gasteiger partial charge in [-0.1, -0.05) is 30.3 Å². The molecule has 2 fully saturated rings. The lowest BCUT2D eigenvalue weighted by Gasteiger charge is -2.33. The van der Waals surface area contributed by atoms with Gasteiger partial charge in [-0.05, 0) is 12.8 Å². The topological polar surface area (TPSA) is 65.5 Å². The molecule has 0 unspecified atom stereocenters. The van der Waals surface area contributed by atoms with Crippen LogP contribution in [-0.2, 0) is 4.79 Å². The van der Waals surface area contributed by atoms with E-state index < -0.39 is 0 Å². The molecule has 0 spiro atoms. The highest BCUT2D eigenvalue weighted by Gasteiger charge is 2.27. The Hall–Kier alpha value is -2.25. The van der Waals surface area contributed by atoms with Crippen LogP contribution in [0.25, 0.3) is 10.6 Å². The molecule has 1 saturated heterocycles. The van der Waals surface area contributed by atoms with Crippen LogP contribution in [0, 0.1) is 0 Å². The molecule has 2 aliphatic rings. The SMILES string of the molecule is O=C(CN1CCN(C(=O)c2csc(-c3ccccc3)n2)CC1)NC1CC1. The maximum atomic E-state index is 12.7. The van der Waals surface area contributed by atoms with Crippen molar-refractivity contribution in [1.82, 2.24) is 20.1 Å². The minimum absolute atomic E-state index is 0.0227. The molecule has 1 aromatic heterocycles. The molecule has 136 valence electrons. The molecule has 1 aliphatic carbocycles. The Morgan fingerprint density at radius 3 is 2.54 bits per heavy atom. The summed E-state index contributed by atoms with van der Waals surface area (Å²) < 4.78 is 0. The first-order valence-corrected chi connectivity index (χ1v) is 9.89. The van der Waals surface area contributed by atoms with Crippen LogP contribution >= 0.6 is 11.3 Å². The Balaban J connectivity index is 1.31. The Labute approximate surface area is 156 Å². The summed E-state index contributed by atoms with van der Waals surface area (Å²) in [6, 6.07) is 10.3. The zero-order valence-corrected chi connectivity index (χ0v) is 15.4. The van der Waals surface area contributed by atoms with Crippen molar-refractivity contribution in [1.29, 1.82) is 0 Å². The lowest BCUT2D eigenvalue weighted by Crippen LogP contribution is -2.51. The number of thiazole rings is 1. The Morgan fingerprint density at radius 1 is 1.12 bits per heavy atom. The minimum atomic E-state index is -0.0227. The molecule has 1 aliphatic heterocycles. The molecule has 2 amide bonds. The smallest absolute Gasteiger partial charge is 0.273 e. The van der Waals surface area contributed by atoms with E-state index in [2.05, 4.69) is 15.2 Å². The maximum Gasteiger partial charge on any atom is 0.273 e. The molecule has 6 nitrogen and oxygen atoms in total. The standard InChI is InChI=1S/C19H22N4O2S/c24-17(20-15-6-7-15)12-22-8-10-23(11-9-22)19(25)16-13-26-18(21-16)14-4-2-1-3-5-14/h1-5,13,15H,6-12H2,(H,20,24). The highest BCUT2D eigenvalue weighted by molar-refractivity contribution is 7.13. The highest BCUT2D eigenvalue weighted by atomic mass is 32.1. The molecule has 0 radical (unpaired) electrons. The largest absolute Gasteiger partial charge is 0.352 e. The number of rotatable bonds is 5. The van der Waals surface area contributed by atoms with Gasteiger partial charge in [-0.2, -0.15) is 0 Å². The van der Waals surface area contributed by atoms with Crippen molar-refractivity contribution in [2.24, 2.45) is 0 Å². The zero-order chi connectivity index (χ0) is 17.9. The van der Waals surface area contributed by atoms with Crippen LogP contribution in [0.2, 0.25) is 0 Å². The number of nitrogens with one attached hydrogen (secondary N) is 1. The van der Waals surface area contributed by atoms with Gasteiger partial charge in [-0.15, -0.1) is 11.3 Å². The van der Waals surface area contributed by atoms with Gasteiger partial charge in [0, 0.05) is 43.2 Å². The first-order chi connectivity index (χ1) is 12.7. The number of piperazine rings is 1. The van der Waals surface area contributed by atoms with E-state index in [0.29, 0.717) is 31.4 Å². The Kier molecular flexibility index (Phi) is 4.99. The molecule has 0 atom stereocenters. The monoisotopic (exact) mass is 370 g/mol. The van der Waals surface area contributed by atoms with Gasteiger partial charge in [0.1, 0.15) is 10.7 Å². The van der Waals surface area contributed by atoms with E-state index in [-0.39, 0.29) is 11.8 Å². The fourth-order valence-corrected chi connectivity index (χ4v) is 3.86. The normalized spacial score (nSPS) is 17.9. The number of hydrogen-bond acceptors (Lipinski definition) is 5. The van der Waals surface area contributed by atoms with Crippen LogP contribution in [0.15, 0.2) is 35.7 Å². The molecule has 7 heteroatoms. The van der Waals surface area contributed by atoms with Crippen molar-refractivity contribution in [3.8, 4) is 10.6 Å². The second-order valence-corrected chi connectivity index (χ2v) is 7.67. The highest BCUT2D eigenvalue weighted by Crippen LogP contribution is 2.24. The van der Waals surface area contributed by atoms with Gasteiger partial charge in [0.25, 0.3) is 5.91 Å². The molecule has 1 N–H and O–H groups in total. The lowest BCUT2D eigenvalue weighted by molar-refractivity contribution is -0.122. The van der Waals surface area contributed by atoms with Crippen molar-refractivity contribution in [2.45, 2.75) is 18.9 Å². The summed E-state index contributed by atoms with van der Waals surface area (Å²) in [6.45, 7) is 3.13. The zero-order valence-electron chi connectivity index (χ0n) is 14.6. The van der Waals surface area contributed by atoms with Gasteiger partial charge < -0.3 is 10.2 Å². The van der Waals surface area contributed by atoms with E-state index in [0.717, 1.165) is 36.5 Å². The van der Waals surface area contributed by atoms with Crippen molar-refractivity contribution in [3.05, 3.63) is 41.4 Å². The fraction of sp³-hybridized carbons (Fsp3) is 0.421. The number of benzene rings is 1. The minimum Gasteiger partial charge on any atom is -0.352 e. The quantitative estimate of drug-likeness (QED) is 0.872. The van der Waals surface area contributed by atoms with Gasteiger partial charge in [0.15, 0.2) is 0 Å². The van der Waals surface area contributed by atoms with E-state index in [4.69, 9.17) is 0 Å². The van der Waals surface area contributed by atoms with Gasteiger partial charge in [0.2, 0.25) is 5.91 Å².